The van der Waals surface area contributed by atoms with Crippen LogP contribution in [-0.2, 0) is 29.0 Å². The Morgan fingerprint density at radius 1 is 0.865 bits per heavy atom. The predicted octanol–water partition coefficient (Wildman–Crippen LogP) is 7.91. The molecule has 4 aliphatic rings. The van der Waals surface area contributed by atoms with Gasteiger partial charge in [-0.1, -0.05) is 24.3 Å². The summed E-state index contributed by atoms with van der Waals surface area (Å²) in [6.07, 6.45) is 5.97. The van der Waals surface area contributed by atoms with E-state index < -0.39 is 11.2 Å². The largest absolute Gasteiger partial charge is 0.444 e. The number of para-hydroxylation sites is 4. The normalized spacial score (nSPS) is 24.7. The third kappa shape index (κ3) is 9.90. The van der Waals surface area contributed by atoms with Crippen molar-refractivity contribution < 1.29 is 38.5 Å². The second kappa shape index (κ2) is 16.2. The molecule has 4 fully saturated rings. The Bertz CT molecular complexity index is 1750. The molecule has 2 saturated carbocycles. The summed E-state index contributed by atoms with van der Waals surface area (Å²) >= 11 is 2.45. The van der Waals surface area contributed by atoms with Crippen molar-refractivity contribution in [3.05, 3.63) is 48.5 Å². The maximum atomic E-state index is 12.3. The Balaban J connectivity index is 0.000000213. The summed E-state index contributed by atoms with van der Waals surface area (Å²) in [6.45, 7) is 14.6. The van der Waals surface area contributed by atoms with E-state index in [0.717, 1.165) is 87.1 Å². The number of nitrogen functional groups attached to an aromatic ring is 2. The minimum absolute atomic E-state index is 0. The summed E-state index contributed by atoms with van der Waals surface area (Å²) in [5.41, 5.74) is 15.6. The maximum absolute atomic E-state index is 12.3. The molecule has 2 aromatic carbocycles. The van der Waals surface area contributed by atoms with E-state index in [1.807, 2.05) is 93.8 Å². The number of rotatable bonds is 3. The van der Waals surface area contributed by atoms with E-state index in [0.29, 0.717) is 18.0 Å². The number of fused-ring (bicyclic) bond motifs is 1. The van der Waals surface area contributed by atoms with Gasteiger partial charge in [0.1, 0.15) is 16.2 Å². The van der Waals surface area contributed by atoms with E-state index in [4.69, 9.17) is 26.2 Å². The standard InChI is InChI=1S/C19H26N4O2.C18H27N3O2.CBrN.Zn/c1-18(2,3)25-17(24)22-9-8-19(12-22)10-13(11-19)23-15-7-5-4-6-14(15)21-16(23)20;1-17(2,3)23-16(22)21-9-8-18(12-21)10-13(11-18)20-15-7-5-4-6-14(15)19;2-1-3;/h4-7,13H,8-12H2,1-3H3,(H2,20,21);4-7,13,20H,8-12,19H2,1-3H3;;. The van der Waals surface area contributed by atoms with E-state index in [-0.39, 0.29) is 42.5 Å². The average Bonchev–Trinajstić information content (AvgIpc) is 3.72. The topological polar surface area (TPSA) is 165 Å². The smallest absolute Gasteiger partial charge is 0.410 e. The fraction of sp³-hybridized carbons (Fsp3) is 0.579. The van der Waals surface area contributed by atoms with Crippen molar-refractivity contribution in [3.63, 3.8) is 0 Å². The number of imidazole rings is 1. The Hall–Kier alpha value is -3.56. The fourth-order valence-corrected chi connectivity index (χ4v) is 8.01. The fourth-order valence-electron chi connectivity index (χ4n) is 8.01. The second-order valence-corrected chi connectivity index (χ2v) is 17.0. The Morgan fingerprint density at radius 3 is 1.87 bits per heavy atom. The maximum Gasteiger partial charge on any atom is 0.410 e. The van der Waals surface area contributed by atoms with Crippen LogP contribution >= 0.6 is 15.9 Å². The Labute approximate surface area is 328 Å². The number of anilines is 3. The Kier molecular flexibility index (Phi) is 12.8. The minimum Gasteiger partial charge on any atom is -0.444 e. The van der Waals surface area contributed by atoms with Crippen molar-refractivity contribution in [3.8, 4) is 4.98 Å². The van der Waals surface area contributed by atoms with Gasteiger partial charge in [-0.2, -0.15) is 5.26 Å². The van der Waals surface area contributed by atoms with Gasteiger partial charge in [-0.05, 0) is 115 Å². The van der Waals surface area contributed by atoms with Gasteiger partial charge in [-0.3, -0.25) is 0 Å². The summed E-state index contributed by atoms with van der Waals surface area (Å²) in [6, 6.07) is 16.8. The molecule has 2 saturated heterocycles. The third-order valence-electron chi connectivity index (χ3n) is 10.2. The molecule has 2 amide bonds. The van der Waals surface area contributed by atoms with Crippen LogP contribution in [0.15, 0.2) is 48.5 Å². The summed E-state index contributed by atoms with van der Waals surface area (Å²) < 4.78 is 13.2. The first-order valence-corrected chi connectivity index (χ1v) is 18.5. The summed E-state index contributed by atoms with van der Waals surface area (Å²) in [5.74, 6) is 0.586. The molecule has 1 aromatic heterocycles. The summed E-state index contributed by atoms with van der Waals surface area (Å²) in [5, 5.41) is 10.8. The van der Waals surface area contributed by atoms with Gasteiger partial charge in [0.2, 0.25) is 5.95 Å². The number of hydrogen-bond donors (Lipinski definition) is 3. The molecule has 0 bridgehead atoms. The van der Waals surface area contributed by atoms with Crippen LogP contribution in [0.3, 0.4) is 0 Å². The number of benzene rings is 2. The molecule has 52 heavy (non-hydrogen) atoms. The van der Waals surface area contributed by atoms with E-state index in [2.05, 4.69) is 36.9 Å². The van der Waals surface area contributed by atoms with Gasteiger partial charge in [0.05, 0.1) is 22.4 Å². The number of amides is 2. The van der Waals surface area contributed by atoms with Gasteiger partial charge >= 0.3 is 12.2 Å². The van der Waals surface area contributed by atoms with E-state index in [1.54, 1.807) is 4.98 Å². The van der Waals surface area contributed by atoms with Crippen LogP contribution in [0, 0.1) is 21.1 Å². The number of aromatic nitrogens is 2. The average molecular weight is 831 g/mol. The van der Waals surface area contributed by atoms with E-state index in [1.165, 1.54) is 0 Å². The van der Waals surface area contributed by atoms with Gasteiger partial charge in [0, 0.05) is 73.7 Å². The van der Waals surface area contributed by atoms with Gasteiger partial charge in [-0.15, -0.1) is 0 Å². The molecule has 0 unspecified atom stereocenters. The van der Waals surface area contributed by atoms with Crippen LogP contribution in [0.1, 0.15) is 86.1 Å². The minimum atomic E-state index is -0.445. The molecular formula is C38H53BrN8O4Zn. The van der Waals surface area contributed by atoms with Crippen LogP contribution in [0.5, 0.6) is 0 Å². The number of nitrogens with zero attached hydrogens (tertiary/aromatic N) is 5. The molecular weight excluding hydrogens is 778 g/mol. The number of nitrogens with one attached hydrogen (secondary N) is 1. The van der Waals surface area contributed by atoms with Crippen molar-refractivity contribution in [2.75, 3.05) is 43.0 Å². The number of carbonyl (C=O) groups excluding carboxylic acids is 2. The van der Waals surface area contributed by atoms with Crippen LogP contribution in [0.4, 0.5) is 26.9 Å². The van der Waals surface area contributed by atoms with E-state index in [9.17, 15) is 9.59 Å². The molecule has 2 aliphatic carbocycles. The van der Waals surface area contributed by atoms with Crippen molar-refractivity contribution >= 4 is 56.5 Å². The van der Waals surface area contributed by atoms with Crippen molar-refractivity contribution in [2.45, 2.75) is 103 Å². The molecule has 14 heteroatoms. The van der Waals surface area contributed by atoms with E-state index >= 15 is 0 Å². The number of likely N-dealkylation sites (tertiary alicyclic amines) is 2. The zero-order valence-electron chi connectivity index (χ0n) is 31.5. The molecule has 0 radical (unpaired) electrons. The number of nitrogens with two attached hydrogens (primary N) is 2. The van der Waals surface area contributed by atoms with Crippen molar-refractivity contribution in [1.82, 2.24) is 19.4 Å². The number of halogens is 1. The summed E-state index contributed by atoms with van der Waals surface area (Å²) in [7, 11) is 0. The molecule has 278 valence electrons. The molecule has 5 N–H and O–H groups in total. The first kappa shape index (κ1) is 41.2. The zero-order valence-corrected chi connectivity index (χ0v) is 36.0. The third-order valence-corrected chi connectivity index (χ3v) is 10.2. The zero-order chi connectivity index (χ0) is 37.2. The number of ether oxygens (including phenoxy) is 2. The molecule has 2 aliphatic heterocycles. The molecule has 7 rings (SSSR count). The molecule has 3 heterocycles. The quantitative estimate of drug-likeness (QED) is 0.176. The molecule has 3 aromatic rings. The van der Waals surface area contributed by atoms with Crippen LogP contribution in [0.25, 0.3) is 11.0 Å². The number of nitriles is 1. The van der Waals surface area contributed by atoms with Crippen LogP contribution in [0.2, 0.25) is 0 Å². The first-order chi connectivity index (χ1) is 23.9. The van der Waals surface area contributed by atoms with Crippen molar-refractivity contribution in [2.24, 2.45) is 10.8 Å². The molecule has 2 spiro atoms. The van der Waals surface area contributed by atoms with Crippen LogP contribution in [-0.4, -0.2) is 75.0 Å². The first-order valence-electron chi connectivity index (χ1n) is 17.7. The predicted molar refractivity (Wildman–Crippen MR) is 204 cm³/mol. The monoisotopic (exact) mass is 828 g/mol. The number of carbonyl (C=O) groups is 2. The van der Waals surface area contributed by atoms with Crippen LogP contribution < -0.4 is 16.8 Å². The van der Waals surface area contributed by atoms with Gasteiger partial charge < -0.3 is 40.6 Å². The number of hydrogen-bond acceptors (Lipinski definition) is 9. The Morgan fingerprint density at radius 2 is 1.35 bits per heavy atom. The van der Waals surface area contributed by atoms with Gasteiger partial charge in [-0.25, -0.2) is 14.6 Å². The van der Waals surface area contributed by atoms with Crippen molar-refractivity contribution in [1.29, 1.82) is 5.26 Å². The van der Waals surface area contributed by atoms with Gasteiger partial charge in [0.15, 0.2) is 0 Å². The summed E-state index contributed by atoms with van der Waals surface area (Å²) in [4.78, 5) is 34.2. The second-order valence-electron chi connectivity index (χ2n) is 16.6. The molecule has 0 atom stereocenters. The van der Waals surface area contributed by atoms with Gasteiger partial charge in [0.25, 0.3) is 0 Å². The SMILES string of the molecule is CC(C)(C)OC(=O)N1CCC2(CC(Nc3ccccc3N)C2)C1.CC(C)(C)OC(=O)N1CCC2(CC(n3c(N)nc4ccccc43)C2)C1.N#CBr.[Zn]. The molecule has 12 nitrogen and oxygen atoms in total.